The zero-order chi connectivity index (χ0) is 16.3. The lowest BCUT2D eigenvalue weighted by molar-refractivity contribution is 0.0952. The molecule has 2 heterocycles. The molecule has 3 rings (SSSR count). The van der Waals surface area contributed by atoms with E-state index < -0.39 is 10.0 Å². The third-order valence-corrected chi connectivity index (χ3v) is 5.58. The number of hydrogen-bond donors (Lipinski definition) is 1. The molecule has 0 bridgehead atoms. The van der Waals surface area contributed by atoms with Gasteiger partial charge in [-0.1, -0.05) is 6.07 Å². The molecule has 23 heavy (non-hydrogen) atoms. The third kappa shape index (κ3) is 3.53. The average molecular weight is 334 g/mol. The second kappa shape index (κ2) is 6.41. The fraction of sp³-hybridized carbons (Fsp3) is 0.333. The van der Waals surface area contributed by atoms with Crippen LogP contribution < -0.4 is 9.62 Å². The number of imidazole rings is 1. The van der Waals surface area contributed by atoms with Crippen molar-refractivity contribution in [2.24, 2.45) is 0 Å². The van der Waals surface area contributed by atoms with Crippen LogP contribution in [0, 0.1) is 0 Å². The number of sulfonamides is 1. The van der Waals surface area contributed by atoms with Crippen LogP contribution in [0.4, 0.5) is 5.69 Å². The van der Waals surface area contributed by atoms with Gasteiger partial charge in [0.15, 0.2) is 0 Å². The number of anilines is 1. The summed E-state index contributed by atoms with van der Waals surface area (Å²) in [7, 11) is -3.24. The molecule has 0 saturated carbocycles. The van der Waals surface area contributed by atoms with Crippen LogP contribution in [-0.4, -0.2) is 42.7 Å². The monoisotopic (exact) mass is 334 g/mol. The van der Waals surface area contributed by atoms with Crippen molar-refractivity contribution in [3.63, 3.8) is 0 Å². The minimum atomic E-state index is -3.24. The van der Waals surface area contributed by atoms with E-state index >= 15 is 0 Å². The molecule has 1 saturated heterocycles. The molecule has 1 aromatic heterocycles. The Morgan fingerprint density at radius 1 is 1.35 bits per heavy atom. The van der Waals surface area contributed by atoms with Crippen LogP contribution in [0.3, 0.4) is 0 Å². The van der Waals surface area contributed by atoms with Gasteiger partial charge in [-0.25, -0.2) is 13.4 Å². The number of aromatic nitrogens is 2. The van der Waals surface area contributed by atoms with Gasteiger partial charge in [0.25, 0.3) is 5.91 Å². The van der Waals surface area contributed by atoms with Crippen molar-refractivity contribution in [1.29, 1.82) is 0 Å². The molecular weight excluding hydrogens is 316 g/mol. The fourth-order valence-corrected chi connectivity index (χ4v) is 4.11. The van der Waals surface area contributed by atoms with Crippen LogP contribution in [0.5, 0.6) is 0 Å². The highest BCUT2D eigenvalue weighted by Crippen LogP contribution is 2.24. The SMILES string of the molecule is O=C(NCCn1ccnc1)c1cccc(N2CCCS2(=O)=O)c1. The molecule has 0 aliphatic carbocycles. The first-order chi connectivity index (χ1) is 11.1. The van der Waals surface area contributed by atoms with Crippen molar-refractivity contribution in [1.82, 2.24) is 14.9 Å². The molecule has 122 valence electrons. The Bertz CT molecular complexity index is 787. The van der Waals surface area contributed by atoms with E-state index in [1.54, 1.807) is 36.8 Å². The number of carbonyl (C=O) groups excluding carboxylic acids is 1. The molecule has 1 aliphatic rings. The Hall–Kier alpha value is -2.35. The molecule has 8 heteroatoms. The number of nitrogens with zero attached hydrogens (tertiary/aromatic N) is 3. The van der Waals surface area contributed by atoms with E-state index in [1.165, 1.54) is 4.31 Å². The molecule has 1 aromatic carbocycles. The maximum Gasteiger partial charge on any atom is 0.251 e. The predicted octanol–water partition coefficient (Wildman–Crippen LogP) is 0.853. The summed E-state index contributed by atoms with van der Waals surface area (Å²) in [6.45, 7) is 1.57. The third-order valence-electron chi connectivity index (χ3n) is 3.71. The van der Waals surface area contributed by atoms with Gasteiger partial charge in [0.05, 0.1) is 17.8 Å². The standard InChI is InChI=1S/C15H18N4O3S/c20-15(17-6-9-18-8-5-16-12-18)13-3-1-4-14(11-13)19-7-2-10-23(19,21)22/h1,3-5,8,11-12H,2,6-7,9-10H2,(H,17,20). The van der Waals surface area contributed by atoms with Gasteiger partial charge in [0.2, 0.25) is 10.0 Å². The second-order valence-electron chi connectivity index (χ2n) is 5.35. The molecule has 7 nitrogen and oxygen atoms in total. The molecule has 1 aliphatic heterocycles. The van der Waals surface area contributed by atoms with Crippen molar-refractivity contribution in [2.75, 3.05) is 23.1 Å². The van der Waals surface area contributed by atoms with Crippen molar-refractivity contribution in [2.45, 2.75) is 13.0 Å². The van der Waals surface area contributed by atoms with Gasteiger partial charge in [-0.15, -0.1) is 0 Å². The molecule has 0 spiro atoms. The number of amides is 1. The number of benzene rings is 1. The molecule has 1 fully saturated rings. The van der Waals surface area contributed by atoms with Crippen molar-refractivity contribution < 1.29 is 13.2 Å². The minimum Gasteiger partial charge on any atom is -0.350 e. The Kier molecular flexibility index (Phi) is 4.33. The number of nitrogens with one attached hydrogen (secondary N) is 1. The summed E-state index contributed by atoms with van der Waals surface area (Å²) in [6.07, 6.45) is 5.81. The Balaban J connectivity index is 1.66. The molecular formula is C15H18N4O3S. The quantitative estimate of drug-likeness (QED) is 0.879. The van der Waals surface area contributed by atoms with Gasteiger partial charge in [-0.2, -0.15) is 0 Å². The van der Waals surface area contributed by atoms with Crippen LogP contribution in [0.15, 0.2) is 43.0 Å². The van der Waals surface area contributed by atoms with Gasteiger partial charge in [-0.05, 0) is 24.6 Å². The Labute approximate surface area is 135 Å². The maximum absolute atomic E-state index is 12.2. The largest absolute Gasteiger partial charge is 0.350 e. The molecule has 1 amide bonds. The van der Waals surface area contributed by atoms with E-state index in [1.807, 2.05) is 10.8 Å². The Morgan fingerprint density at radius 2 is 2.22 bits per heavy atom. The summed E-state index contributed by atoms with van der Waals surface area (Å²) in [5, 5.41) is 2.82. The lowest BCUT2D eigenvalue weighted by Gasteiger charge is -2.17. The number of hydrogen-bond acceptors (Lipinski definition) is 4. The van der Waals surface area contributed by atoms with Gasteiger partial charge < -0.3 is 9.88 Å². The lowest BCUT2D eigenvalue weighted by Crippen LogP contribution is -2.28. The molecule has 2 aromatic rings. The van der Waals surface area contributed by atoms with Gasteiger partial charge in [-0.3, -0.25) is 9.10 Å². The topological polar surface area (TPSA) is 84.3 Å². The summed E-state index contributed by atoms with van der Waals surface area (Å²) in [5.41, 5.74) is 1.000. The normalized spacial score (nSPS) is 16.4. The summed E-state index contributed by atoms with van der Waals surface area (Å²) >= 11 is 0. The van der Waals surface area contributed by atoms with Crippen LogP contribution in [0.25, 0.3) is 0 Å². The number of rotatable bonds is 5. The van der Waals surface area contributed by atoms with E-state index in [0.29, 0.717) is 37.3 Å². The highest BCUT2D eigenvalue weighted by molar-refractivity contribution is 7.93. The molecule has 1 N–H and O–H groups in total. The fourth-order valence-electron chi connectivity index (χ4n) is 2.55. The maximum atomic E-state index is 12.2. The average Bonchev–Trinajstić information content (AvgIpc) is 3.16. The van der Waals surface area contributed by atoms with Crippen molar-refractivity contribution in [3.05, 3.63) is 48.5 Å². The van der Waals surface area contributed by atoms with Crippen LogP contribution >= 0.6 is 0 Å². The smallest absolute Gasteiger partial charge is 0.251 e. The first-order valence-corrected chi connectivity index (χ1v) is 9.01. The first kappa shape index (κ1) is 15.5. The van der Waals surface area contributed by atoms with Crippen LogP contribution in [0.2, 0.25) is 0 Å². The van der Waals surface area contributed by atoms with E-state index in [2.05, 4.69) is 10.3 Å². The summed E-state index contributed by atoms with van der Waals surface area (Å²) in [5.74, 6) is -0.0579. The van der Waals surface area contributed by atoms with Crippen molar-refractivity contribution in [3.8, 4) is 0 Å². The van der Waals surface area contributed by atoms with Crippen LogP contribution in [-0.2, 0) is 16.6 Å². The summed E-state index contributed by atoms with van der Waals surface area (Å²) in [4.78, 5) is 16.1. The first-order valence-electron chi connectivity index (χ1n) is 7.41. The highest BCUT2D eigenvalue weighted by Gasteiger charge is 2.28. The zero-order valence-corrected chi connectivity index (χ0v) is 13.4. The van der Waals surface area contributed by atoms with Gasteiger partial charge in [0, 0.05) is 37.6 Å². The lowest BCUT2D eigenvalue weighted by atomic mass is 10.2. The van der Waals surface area contributed by atoms with E-state index in [0.717, 1.165) is 0 Å². The summed E-state index contributed by atoms with van der Waals surface area (Å²) < 4.78 is 27.2. The van der Waals surface area contributed by atoms with E-state index in [-0.39, 0.29) is 11.7 Å². The van der Waals surface area contributed by atoms with E-state index in [4.69, 9.17) is 0 Å². The number of carbonyl (C=O) groups is 1. The zero-order valence-electron chi connectivity index (χ0n) is 12.6. The molecule has 0 radical (unpaired) electrons. The molecule has 0 unspecified atom stereocenters. The van der Waals surface area contributed by atoms with Gasteiger partial charge in [0.1, 0.15) is 0 Å². The second-order valence-corrected chi connectivity index (χ2v) is 7.36. The minimum absolute atomic E-state index is 0.161. The summed E-state index contributed by atoms with van der Waals surface area (Å²) in [6, 6.07) is 6.72. The predicted molar refractivity (Wildman–Crippen MR) is 86.8 cm³/mol. The highest BCUT2D eigenvalue weighted by atomic mass is 32.2. The Morgan fingerprint density at radius 3 is 2.91 bits per heavy atom. The molecule has 0 atom stereocenters. The van der Waals surface area contributed by atoms with Crippen LogP contribution in [0.1, 0.15) is 16.8 Å². The van der Waals surface area contributed by atoms with E-state index in [9.17, 15) is 13.2 Å². The van der Waals surface area contributed by atoms with Gasteiger partial charge >= 0.3 is 0 Å². The van der Waals surface area contributed by atoms with Crippen molar-refractivity contribution >= 4 is 21.6 Å².